The summed E-state index contributed by atoms with van der Waals surface area (Å²) in [6.07, 6.45) is 4.54. The van der Waals surface area contributed by atoms with Gasteiger partial charge in [0.1, 0.15) is 19.3 Å². The van der Waals surface area contributed by atoms with E-state index >= 15 is 0 Å². The summed E-state index contributed by atoms with van der Waals surface area (Å²) in [5, 5.41) is 22.3. The third kappa shape index (κ3) is 4.01. The van der Waals surface area contributed by atoms with Crippen molar-refractivity contribution in [2.24, 2.45) is 5.10 Å². The second-order valence-corrected chi connectivity index (χ2v) is 5.18. The number of nitrogens with zero attached hydrogens (tertiary/aromatic N) is 5. The Kier molecular flexibility index (Phi) is 5.18. The molecule has 0 aliphatic rings. The van der Waals surface area contributed by atoms with Crippen LogP contribution in [0.3, 0.4) is 0 Å². The van der Waals surface area contributed by atoms with Gasteiger partial charge in [0.15, 0.2) is 11.5 Å². The summed E-state index contributed by atoms with van der Waals surface area (Å²) < 4.78 is 12.7. The molecule has 1 aromatic heterocycles. The van der Waals surface area contributed by atoms with Crippen molar-refractivity contribution in [3.8, 4) is 11.5 Å². The molecule has 0 bridgehead atoms. The average molecular weight is 353 g/mol. The number of nitro benzene ring substituents is 1. The molecule has 0 N–H and O–H groups in total. The molecule has 132 valence electrons. The van der Waals surface area contributed by atoms with Gasteiger partial charge in [0.05, 0.1) is 18.2 Å². The summed E-state index contributed by atoms with van der Waals surface area (Å²) in [7, 11) is 1.55. The molecule has 9 heteroatoms. The van der Waals surface area contributed by atoms with Crippen LogP contribution in [0.5, 0.6) is 11.5 Å². The SMILES string of the molecule is COc1cccc(/C=N\n2cnnc2)c1OCc1ccc([N+](=O)[O-])cc1. The van der Waals surface area contributed by atoms with Crippen molar-refractivity contribution in [2.45, 2.75) is 6.61 Å². The lowest BCUT2D eigenvalue weighted by molar-refractivity contribution is -0.384. The zero-order chi connectivity index (χ0) is 18.4. The third-order valence-electron chi connectivity index (χ3n) is 3.50. The fourth-order valence-corrected chi connectivity index (χ4v) is 2.20. The number of methoxy groups -OCH3 is 1. The summed E-state index contributed by atoms with van der Waals surface area (Å²) in [6, 6.07) is 11.6. The van der Waals surface area contributed by atoms with Crippen LogP contribution < -0.4 is 9.47 Å². The highest BCUT2D eigenvalue weighted by molar-refractivity contribution is 5.85. The first-order valence-electron chi connectivity index (χ1n) is 7.59. The molecule has 0 amide bonds. The van der Waals surface area contributed by atoms with E-state index in [4.69, 9.17) is 9.47 Å². The largest absolute Gasteiger partial charge is 0.493 e. The molecule has 0 aliphatic heterocycles. The van der Waals surface area contributed by atoms with Crippen LogP contribution in [-0.4, -0.2) is 33.1 Å². The van der Waals surface area contributed by atoms with Crippen molar-refractivity contribution < 1.29 is 14.4 Å². The van der Waals surface area contributed by atoms with Crippen molar-refractivity contribution in [3.05, 3.63) is 76.4 Å². The quantitative estimate of drug-likeness (QED) is 0.367. The van der Waals surface area contributed by atoms with Crippen molar-refractivity contribution in [3.63, 3.8) is 0 Å². The fraction of sp³-hybridized carbons (Fsp3) is 0.118. The van der Waals surface area contributed by atoms with Crippen LogP contribution in [0.15, 0.2) is 60.2 Å². The van der Waals surface area contributed by atoms with Gasteiger partial charge in [-0.3, -0.25) is 10.1 Å². The number of para-hydroxylation sites is 1. The molecule has 0 atom stereocenters. The highest BCUT2D eigenvalue weighted by atomic mass is 16.6. The Morgan fingerprint density at radius 1 is 1.19 bits per heavy atom. The van der Waals surface area contributed by atoms with Crippen LogP contribution in [0.2, 0.25) is 0 Å². The van der Waals surface area contributed by atoms with Crippen LogP contribution in [-0.2, 0) is 6.61 Å². The van der Waals surface area contributed by atoms with Crippen molar-refractivity contribution in [1.82, 2.24) is 14.9 Å². The van der Waals surface area contributed by atoms with Gasteiger partial charge in [-0.05, 0) is 29.8 Å². The molecular weight excluding hydrogens is 338 g/mol. The van der Waals surface area contributed by atoms with E-state index in [1.165, 1.54) is 29.5 Å². The third-order valence-corrected chi connectivity index (χ3v) is 3.50. The highest BCUT2D eigenvalue weighted by Crippen LogP contribution is 2.31. The summed E-state index contributed by atoms with van der Waals surface area (Å²) >= 11 is 0. The lowest BCUT2D eigenvalue weighted by atomic mass is 10.2. The van der Waals surface area contributed by atoms with Gasteiger partial charge in [0, 0.05) is 17.7 Å². The number of aromatic nitrogens is 3. The van der Waals surface area contributed by atoms with Crippen LogP contribution in [0.4, 0.5) is 5.69 Å². The average Bonchev–Trinajstić information content (AvgIpc) is 3.18. The molecule has 1 heterocycles. The van der Waals surface area contributed by atoms with Crippen LogP contribution in [0.1, 0.15) is 11.1 Å². The predicted molar refractivity (Wildman–Crippen MR) is 93.4 cm³/mol. The van der Waals surface area contributed by atoms with Gasteiger partial charge in [-0.2, -0.15) is 5.10 Å². The minimum Gasteiger partial charge on any atom is -0.493 e. The number of non-ortho nitro benzene ring substituents is 1. The van der Waals surface area contributed by atoms with Gasteiger partial charge in [0.2, 0.25) is 0 Å². The molecule has 0 unspecified atom stereocenters. The molecule has 0 saturated carbocycles. The second-order valence-electron chi connectivity index (χ2n) is 5.18. The van der Waals surface area contributed by atoms with Gasteiger partial charge < -0.3 is 9.47 Å². The Balaban J connectivity index is 1.80. The van der Waals surface area contributed by atoms with Crippen molar-refractivity contribution >= 4 is 11.9 Å². The molecule has 0 saturated heterocycles. The highest BCUT2D eigenvalue weighted by Gasteiger charge is 2.11. The zero-order valence-electron chi connectivity index (χ0n) is 13.8. The van der Waals surface area contributed by atoms with E-state index in [1.54, 1.807) is 31.5 Å². The van der Waals surface area contributed by atoms with Gasteiger partial charge in [-0.15, -0.1) is 10.2 Å². The van der Waals surface area contributed by atoms with E-state index in [9.17, 15) is 10.1 Å². The van der Waals surface area contributed by atoms with Crippen LogP contribution in [0, 0.1) is 10.1 Å². The van der Waals surface area contributed by atoms with E-state index in [0.717, 1.165) is 5.56 Å². The van der Waals surface area contributed by atoms with Gasteiger partial charge in [-0.25, -0.2) is 4.68 Å². The number of ether oxygens (including phenoxy) is 2. The molecule has 3 rings (SSSR count). The van der Waals surface area contributed by atoms with Crippen molar-refractivity contribution in [1.29, 1.82) is 0 Å². The number of benzene rings is 2. The summed E-state index contributed by atoms with van der Waals surface area (Å²) in [5.41, 5.74) is 1.54. The molecule has 0 radical (unpaired) electrons. The Labute approximate surface area is 148 Å². The first-order chi connectivity index (χ1) is 12.7. The van der Waals surface area contributed by atoms with Crippen molar-refractivity contribution in [2.75, 3.05) is 7.11 Å². The van der Waals surface area contributed by atoms with E-state index in [1.807, 2.05) is 12.1 Å². The number of hydrogen-bond acceptors (Lipinski definition) is 7. The Morgan fingerprint density at radius 2 is 1.92 bits per heavy atom. The molecule has 3 aromatic rings. The summed E-state index contributed by atoms with van der Waals surface area (Å²) in [4.78, 5) is 10.3. The van der Waals surface area contributed by atoms with Crippen LogP contribution >= 0.6 is 0 Å². The maximum absolute atomic E-state index is 10.7. The Hall–Kier alpha value is -3.75. The number of rotatable bonds is 7. The number of hydrogen-bond donors (Lipinski definition) is 0. The fourth-order valence-electron chi connectivity index (χ4n) is 2.20. The molecule has 0 aliphatic carbocycles. The normalized spacial score (nSPS) is 10.8. The van der Waals surface area contributed by atoms with E-state index in [-0.39, 0.29) is 12.3 Å². The molecular formula is C17H15N5O4. The van der Waals surface area contributed by atoms with Gasteiger partial charge in [0.25, 0.3) is 5.69 Å². The maximum atomic E-state index is 10.7. The van der Waals surface area contributed by atoms with E-state index in [0.29, 0.717) is 17.1 Å². The minimum atomic E-state index is -0.440. The topological polar surface area (TPSA) is 105 Å². The van der Waals surface area contributed by atoms with Gasteiger partial charge in [-0.1, -0.05) is 6.07 Å². The summed E-state index contributed by atoms with van der Waals surface area (Å²) in [5.74, 6) is 1.07. The first kappa shape index (κ1) is 17.1. The summed E-state index contributed by atoms with van der Waals surface area (Å²) in [6.45, 7) is 0.228. The molecule has 0 fully saturated rings. The van der Waals surface area contributed by atoms with E-state index < -0.39 is 4.92 Å². The zero-order valence-corrected chi connectivity index (χ0v) is 13.8. The standard InChI is InChI=1S/C17H15N5O4/c1-25-16-4-2-3-14(9-20-21-11-18-19-12-21)17(16)26-10-13-5-7-15(8-6-13)22(23)24/h2-9,11-12H,10H2,1H3/b20-9-. The Morgan fingerprint density at radius 3 is 2.58 bits per heavy atom. The second kappa shape index (κ2) is 7.88. The minimum absolute atomic E-state index is 0.0350. The van der Waals surface area contributed by atoms with E-state index in [2.05, 4.69) is 15.3 Å². The first-order valence-corrected chi connectivity index (χ1v) is 7.59. The molecule has 9 nitrogen and oxygen atoms in total. The smallest absolute Gasteiger partial charge is 0.269 e. The van der Waals surface area contributed by atoms with Gasteiger partial charge >= 0.3 is 0 Å². The molecule has 2 aromatic carbocycles. The molecule has 26 heavy (non-hydrogen) atoms. The predicted octanol–water partition coefficient (Wildman–Crippen LogP) is 2.66. The Bertz CT molecular complexity index is 907. The monoisotopic (exact) mass is 353 g/mol. The lowest BCUT2D eigenvalue weighted by Gasteiger charge is -2.13. The molecule has 0 spiro atoms. The maximum Gasteiger partial charge on any atom is 0.269 e. The van der Waals surface area contributed by atoms with Crippen LogP contribution in [0.25, 0.3) is 0 Å². The number of nitro groups is 1. The lowest BCUT2D eigenvalue weighted by Crippen LogP contribution is -2.01.